The monoisotopic (exact) mass is 334 g/mol. The van der Waals surface area contributed by atoms with E-state index in [0.29, 0.717) is 17.3 Å². The molecule has 3 aliphatic rings. The van der Waals surface area contributed by atoms with Crippen LogP contribution < -0.4 is 11.1 Å². The minimum atomic E-state index is 0.0364. The van der Waals surface area contributed by atoms with E-state index >= 15 is 0 Å². The molecule has 0 spiro atoms. The van der Waals surface area contributed by atoms with Crippen LogP contribution in [0.2, 0.25) is 0 Å². The summed E-state index contributed by atoms with van der Waals surface area (Å²) in [7, 11) is 0. The average Bonchev–Trinajstić information content (AvgIpc) is 2.81. The lowest BCUT2D eigenvalue weighted by Gasteiger charge is -2.13. The van der Waals surface area contributed by atoms with Gasteiger partial charge in [-0.1, -0.05) is 15.9 Å². The average molecular weight is 335 g/mol. The van der Waals surface area contributed by atoms with Gasteiger partial charge < -0.3 is 11.1 Å². The molecule has 1 aromatic rings. The van der Waals surface area contributed by atoms with E-state index in [1.54, 1.807) is 0 Å². The van der Waals surface area contributed by atoms with Gasteiger partial charge in [-0.2, -0.15) is 0 Å². The SMILES string of the molecule is Cc1c(N)cc(Br)cc1C(=O)NC1C2C3CCC(C3)C12. The molecule has 3 N–H and O–H groups in total. The number of nitrogens with one attached hydrogen (secondary N) is 1. The van der Waals surface area contributed by atoms with Gasteiger partial charge in [0.25, 0.3) is 5.91 Å². The van der Waals surface area contributed by atoms with Gasteiger partial charge in [0.1, 0.15) is 0 Å². The summed E-state index contributed by atoms with van der Waals surface area (Å²) in [6, 6.07) is 4.14. The zero-order valence-corrected chi connectivity index (χ0v) is 13.1. The van der Waals surface area contributed by atoms with Crippen LogP contribution in [-0.2, 0) is 0 Å². The first-order valence-electron chi connectivity index (χ1n) is 7.42. The van der Waals surface area contributed by atoms with Crippen molar-refractivity contribution < 1.29 is 4.79 Å². The number of halogens is 1. The van der Waals surface area contributed by atoms with Crippen LogP contribution in [0.4, 0.5) is 5.69 Å². The van der Waals surface area contributed by atoms with Crippen molar-refractivity contribution in [2.45, 2.75) is 32.2 Å². The lowest BCUT2D eigenvalue weighted by Crippen LogP contribution is -2.30. The minimum Gasteiger partial charge on any atom is -0.398 e. The van der Waals surface area contributed by atoms with E-state index in [1.165, 1.54) is 19.3 Å². The third-order valence-electron chi connectivity index (χ3n) is 5.69. The number of hydrogen-bond acceptors (Lipinski definition) is 2. The summed E-state index contributed by atoms with van der Waals surface area (Å²) in [5.41, 5.74) is 8.19. The van der Waals surface area contributed by atoms with Gasteiger partial charge in [-0.05, 0) is 67.6 Å². The molecule has 0 aromatic heterocycles. The molecular formula is C16H19BrN2O. The Bertz CT molecular complexity index is 584. The molecule has 2 bridgehead atoms. The molecule has 4 atom stereocenters. The predicted octanol–water partition coefficient (Wildman–Crippen LogP) is 3.11. The highest BCUT2D eigenvalue weighted by Gasteiger charge is 2.65. The number of fused-ring (bicyclic) bond motifs is 5. The Morgan fingerprint density at radius 1 is 1.30 bits per heavy atom. The molecule has 1 aromatic carbocycles. The van der Waals surface area contributed by atoms with Gasteiger partial charge in [-0.15, -0.1) is 0 Å². The van der Waals surface area contributed by atoms with Gasteiger partial charge in [-0.3, -0.25) is 4.79 Å². The maximum atomic E-state index is 12.5. The molecule has 0 radical (unpaired) electrons. The number of benzene rings is 1. The molecule has 4 unspecified atom stereocenters. The molecule has 3 saturated carbocycles. The quantitative estimate of drug-likeness (QED) is 0.816. The predicted molar refractivity (Wildman–Crippen MR) is 82.4 cm³/mol. The van der Waals surface area contributed by atoms with Gasteiger partial charge in [-0.25, -0.2) is 0 Å². The lowest BCUT2D eigenvalue weighted by atomic mass is 10.0. The number of carbonyl (C=O) groups excluding carboxylic acids is 1. The Labute approximate surface area is 127 Å². The number of nitrogen functional groups attached to an aromatic ring is 1. The number of carbonyl (C=O) groups is 1. The number of hydrogen-bond donors (Lipinski definition) is 2. The topological polar surface area (TPSA) is 55.1 Å². The molecule has 4 heteroatoms. The van der Waals surface area contributed by atoms with E-state index in [0.717, 1.165) is 33.7 Å². The van der Waals surface area contributed by atoms with Crippen molar-refractivity contribution in [2.24, 2.45) is 23.7 Å². The largest absolute Gasteiger partial charge is 0.398 e. The minimum absolute atomic E-state index is 0.0364. The smallest absolute Gasteiger partial charge is 0.251 e. The Morgan fingerprint density at radius 2 is 1.95 bits per heavy atom. The molecule has 3 nitrogen and oxygen atoms in total. The summed E-state index contributed by atoms with van der Waals surface area (Å²) in [6.07, 6.45) is 4.16. The molecule has 106 valence electrons. The number of amides is 1. The molecule has 20 heavy (non-hydrogen) atoms. The standard InChI is InChI=1S/C16H19BrN2O/c1-7-11(5-10(17)6-12(7)18)16(20)19-15-13-8-2-3-9(4-8)14(13)15/h5-6,8-9,13-15H,2-4,18H2,1H3,(H,19,20). The maximum absolute atomic E-state index is 12.5. The van der Waals surface area contributed by atoms with Gasteiger partial charge >= 0.3 is 0 Å². The fourth-order valence-corrected chi connectivity index (χ4v) is 5.16. The van der Waals surface area contributed by atoms with E-state index in [-0.39, 0.29) is 5.91 Å². The van der Waals surface area contributed by atoms with Crippen LogP contribution in [-0.4, -0.2) is 11.9 Å². The normalized spacial score (nSPS) is 36.8. The molecular weight excluding hydrogens is 316 g/mol. The zero-order valence-electron chi connectivity index (χ0n) is 11.5. The van der Waals surface area contributed by atoms with Crippen LogP contribution in [0, 0.1) is 30.6 Å². The van der Waals surface area contributed by atoms with Crippen LogP contribution >= 0.6 is 15.9 Å². The van der Waals surface area contributed by atoms with Crippen molar-refractivity contribution in [3.05, 3.63) is 27.7 Å². The van der Waals surface area contributed by atoms with Crippen molar-refractivity contribution in [2.75, 3.05) is 5.73 Å². The summed E-state index contributed by atoms with van der Waals surface area (Å²) in [5.74, 6) is 3.33. The Morgan fingerprint density at radius 3 is 2.60 bits per heavy atom. The van der Waals surface area contributed by atoms with Crippen molar-refractivity contribution in [1.82, 2.24) is 5.32 Å². The highest BCUT2D eigenvalue weighted by molar-refractivity contribution is 9.10. The first-order valence-corrected chi connectivity index (χ1v) is 8.22. The van der Waals surface area contributed by atoms with E-state index in [4.69, 9.17) is 5.73 Å². The Kier molecular flexibility index (Phi) is 2.69. The van der Waals surface area contributed by atoms with Crippen molar-refractivity contribution in [1.29, 1.82) is 0 Å². The third kappa shape index (κ3) is 1.73. The Balaban J connectivity index is 1.52. The van der Waals surface area contributed by atoms with E-state index < -0.39 is 0 Å². The summed E-state index contributed by atoms with van der Waals surface area (Å²) < 4.78 is 0.863. The van der Waals surface area contributed by atoms with E-state index in [1.807, 2.05) is 19.1 Å². The van der Waals surface area contributed by atoms with Crippen molar-refractivity contribution >= 4 is 27.5 Å². The second kappa shape index (κ2) is 4.23. The molecule has 3 fully saturated rings. The van der Waals surface area contributed by atoms with Gasteiger partial charge in [0.05, 0.1) is 0 Å². The fourth-order valence-electron chi connectivity index (χ4n) is 4.68. The van der Waals surface area contributed by atoms with Gasteiger partial charge in [0, 0.05) is 21.8 Å². The van der Waals surface area contributed by atoms with Gasteiger partial charge in [0.2, 0.25) is 0 Å². The Hall–Kier alpha value is -1.03. The van der Waals surface area contributed by atoms with Crippen LogP contribution in [0.3, 0.4) is 0 Å². The first kappa shape index (κ1) is 12.7. The van der Waals surface area contributed by atoms with Crippen LogP contribution in [0.5, 0.6) is 0 Å². The summed E-state index contributed by atoms with van der Waals surface area (Å²) in [6.45, 7) is 1.91. The highest BCUT2D eigenvalue weighted by Crippen LogP contribution is 2.65. The summed E-state index contributed by atoms with van der Waals surface area (Å²) >= 11 is 3.41. The lowest BCUT2D eigenvalue weighted by molar-refractivity contribution is 0.0943. The van der Waals surface area contributed by atoms with E-state index in [9.17, 15) is 4.79 Å². The van der Waals surface area contributed by atoms with Crippen LogP contribution in [0.25, 0.3) is 0 Å². The summed E-state index contributed by atoms with van der Waals surface area (Å²) in [4.78, 5) is 12.5. The molecule has 3 aliphatic carbocycles. The first-order chi connectivity index (χ1) is 9.56. The molecule has 0 saturated heterocycles. The van der Waals surface area contributed by atoms with Crippen LogP contribution in [0.15, 0.2) is 16.6 Å². The molecule has 0 aliphatic heterocycles. The fraction of sp³-hybridized carbons (Fsp3) is 0.562. The van der Waals surface area contributed by atoms with Crippen LogP contribution in [0.1, 0.15) is 35.2 Å². The molecule has 0 heterocycles. The molecule has 1 amide bonds. The third-order valence-corrected chi connectivity index (χ3v) is 6.15. The zero-order chi connectivity index (χ0) is 14.0. The molecule has 4 rings (SSSR count). The van der Waals surface area contributed by atoms with Crippen molar-refractivity contribution in [3.63, 3.8) is 0 Å². The highest BCUT2D eigenvalue weighted by atomic mass is 79.9. The van der Waals surface area contributed by atoms with Crippen molar-refractivity contribution in [3.8, 4) is 0 Å². The number of rotatable bonds is 2. The second-order valence-corrected chi connectivity index (χ2v) is 7.57. The number of anilines is 1. The summed E-state index contributed by atoms with van der Waals surface area (Å²) in [5, 5.41) is 3.25. The number of nitrogens with two attached hydrogens (primary N) is 1. The van der Waals surface area contributed by atoms with E-state index in [2.05, 4.69) is 21.2 Å². The maximum Gasteiger partial charge on any atom is 0.251 e. The second-order valence-electron chi connectivity index (χ2n) is 6.65. The van der Waals surface area contributed by atoms with Gasteiger partial charge in [0.15, 0.2) is 0 Å².